The van der Waals surface area contributed by atoms with Crippen molar-refractivity contribution in [1.29, 1.82) is 0 Å². The van der Waals surface area contributed by atoms with Crippen LogP contribution in [0.5, 0.6) is 11.5 Å². The molecule has 144 valence electrons. The monoisotopic (exact) mass is 395 g/mol. The van der Waals surface area contributed by atoms with Crippen molar-refractivity contribution < 1.29 is 13.2 Å². The van der Waals surface area contributed by atoms with Crippen molar-refractivity contribution in [3.05, 3.63) is 84.4 Å². The largest absolute Gasteiger partial charge is 0.457 e. The molecule has 3 N–H and O–H groups in total. The Hall–Kier alpha value is -3.32. The third-order valence-electron chi connectivity index (χ3n) is 3.87. The second kappa shape index (κ2) is 8.58. The lowest BCUT2D eigenvalue weighted by atomic mass is 10.2. The quantitative estimate of drug-likeness (QED) is 0.489. The van der Waals surface area contributed by atoms with Crippen LogP contribution in [0, 0.1) is 0 Å². The number of guanidine groups is 1. The fourth-order valence-corrected chi connectivity index (χ4v) is 3.10. The lowest BCUT2D eigenvalue weighted by Gasteiger charge is -2.09. The lowest BCUT2D eigenvalue weighted by Crippen LogP contribution is -2.22. The molecule has 6 nitrogen and oxygen atoms in total. The first kappa shape index (κ1) is 19.4. The van der Waals surface area contributed by atoms with E-state index in [9.17, 15) is 8.42 Å². The highest BCUT2D eigenvalue weighted by atomic mass is 32.2. The minimum atomic E-state index is -3.20. The molecule has 0 aliphatic carbocycles. The predicted molar refractivity (Wildman–Crippen MR) is 111 cm³/mol. The van der Waals surface area contributed by atoms with Gasteiger partial charge in [-0.25, -0.2) is 13.4 Å². The normalized spacial score (nSPS) is 11.8. The van der Waals surface area contributed by atoms with Crippen LogP contribution in [-0.2, 0) is 16.4 Å². The highest BCUT2D eigenvalue weighted by molar-refractivity contribution is 7.90. The molecule has 0 saturated heterocycles. The molecule has 0 spiro atoms. The van der Waals surface area contributed by atoms with E-state index in [2.05, 4.69) is 10.3 Å². The Kier molecular flexibility index (Phi) is 5.96. The van der Waals surface area contributed by atoms with Gasteiger partial charge in [-0.05, 0) is 42.0 Å². The SMILES string of the molecule is CS(=O)(=O)c1ccc(CN=C(N)Nc2cccc(Oc3ccccc3)c2)cc1. The average molecular weight is 395 g/mol. The number of nitrogens with zero attached hydrogens (tertiary/aromatic N) is 1. The Morgan fingerprint density at radius 1 is 0.964 bits per heavy atom. The number of ether oxygens (including phenoxy) is 1. The van der Waals surface area contributed by atoms with E-state index in [0.29, 0.717) is 12.3 Å². The van der Waals surface area contributed by atoms with Crippen molar-refractivity contribution in [3.63, 3.8) is 0 Å². The van der Waals surface area contributed by atoms with E-state index in [1.807, 2.05) is 54.6 Å². The summed E-state index contributed by atoms with van der Waals surface area (Å²) in [4.78, 5) is 4.57. The number of hydrogen-bond donors (Lipinski definition) is 2. The Labute approximate surface area is 164 Å². The molecule has 0 amide bonds. The molecule has 3 aromatic carbocycles. The Bertz CT molecular complexity index is 1060. The van der Waals surface area contributed by atoms with E-state index in [-0.39, 0.29) is 10.9 Å². The molecule has 0 aliphatic heterocycles. The number of benzene rings is 3. The van der Waals surface area contributed by atoms with Crippen LogP contribution < -0.4 is 15.8 Å². The molecule has 3 rings (SSSR count). The van der Waals surface area contributed by atoms with E-state index in [4.69, 9.17) is 10.5 Å². The highest BCUT2D eigenvalue weighted by Gasteiger charge is 2.06. The summed E-state index contributed by atoms with van der Waals surface area (Å²) >= 11 is 0. The van der Waals surface area contributed by atoms with Gasteiger partial charge in [-0.3, -0.25) is 0 Å². The van der Waals surface area contributed by atoms with Gasteiger partial charge in [0.05, 0.1) is 11.4 Å². The van der Waals surface area contributed by atoms with Gasteiger partial charge in [-0.2, -0.15) is 0 Å². The van der Waals surface area contributed by atoms with Crippen LogP contribution in [0.2, 0.25) is 0 Å². The fourth-order valence-electron chi connectivity index (χ4n) is 2.47. The second-order valence-corrected chi connectivity index (χ2v) is 8.20. The van der Waals surface area contributed by atoms with Gasteiger partial charge in [0.1, 0.15) is 11.5 Å². The minimum Gasteiger partial charge on any atom is -0.457 e. The van der Waals surface area contributed by atoms with Crippen molar-refractivity contribution in [2.75, 3.05) is 11.6 Å². The average Bonchev–Trinajstić information content (AvgIpc) is 2.67. The van der Waals surface area contributed by atoms with Crippen LogP contribution in [0.15, 0.2) is 88.8 Å². The van der Waals surface area contributed by atoms with Gasteiger partial charge < -0.3 is 15.8 Å². The van der Waals surface area contributed by atoms with Gasteiger partial charge >= 0.3 is 0 Å². The van der Waals surface area contributed by atoms with Crippen LogP contribution in [0.3, 0.4) is 0 Å². The van der Waals surface area contributed by atoms with Gasteiger partial charge in [0.2, 0.25) is 0 Å². The van der Waals surface area contributed by atoms with Gasteiger partial charge in [0.25, 0.3) is 0 Å². The Morgan fingerprint density at radius 3 is 2.32 bits per heavy atom. The molecule has 0 atom stereocenters. The third-order valence-corrected chi connectivity index (χ3v) is 5.00. The van der Waals surface area contributed by atoms with Crippen molar-refractivity contribution in [3.8, 4) is 11.5 Å². The molecule has 3 aromatic rings. The summed E-state index contributed by atoms with van der Waals surface area (Å²) in [5.74, 6) is 1.68. The van der Waals surface area contributed by atoms with Crippen molar-refractivity contribution in [1.82, 2.24) is 0 Å². The molecule has 0 saturated carbocycles. The zero-order chi connectivity index (χ0) is 20.0. The van der Waals surface area contributed by atoms with E-state index >= 15 is 0 Å². The lowest BCUT2D eigenvalue weighted by molar-refractivity contribution is 0.483. The zero-order valence-corrected chi connectivity index (χ0v) is 16.2. The summed E-state index contributed by atoms with van der Waals surface area (Å²) in [6.45, 7) is 0.336. The molecule has 28 heavy (non-hydrogen) atoms. The molecule has 0 bridgehead atoms. The standard InChI is InChI=1S/C21H21N3O3S/c1-28(25,26)20-12-10-16(11-13-20)15-23-21(22)24-17-6-5-9-19(14-17)27-18-7-3-2-4-8-18/h2-14H,15H2,1H3,(H3,22,23,24). The topological polar surface area (TPSA) is 93.8 Å². The number of aliphatic imine (C=N–C) groups is 1. The third kappa shape index (κ3) is 5.59. The zero-order valence-electron chi connectivity index (χ0n) is 15.4. The summed E-state index contributed by atoms with van der Waals surface area (Å²) in [7, 11) is -3.20. The number of hydrogen-bond acceptors (Lipinski definition) is 4. The maximum atomic E-state index is 11.5. The second-order valence-electron chi connectivity index (χ2n) is 6.19. The number of sulfone groups is 1. The number of nitrogens with one attached hydrogen (secondary N) is 1. The first-order chi connectivity index (χ1) is 13.4. The molecule has 0 radical (unpaired) electrons. The van der Waals surface area contributed by atoms with E-state index < -0.39 is 9.84 Å². The van der Waals surface area contributed by atoms with Gasteiger partial charge in [-0.1, -0.05) is 36.4 Å². The summed E-state index contributed by atoms with van der Waals surface area (Å²) in [6, 6.07) is 23.5. The van der Waals surface area contributed by atoms with Gasteiger partial charge in [0, 0.05) is 18.0 Å². The summed E-state index contributed by atoms with van der Waals surface area (Å²) in [6.07, 6.45) is 1.18. The molecule has 0 fully saturated rings. The molecular formula is C21H21N3O3S. The molecule has 0 heterocycles. The molecule has 7 heteroatoms. The first-order valence-electron chi connectivity index (χ1n) is 8.59. The molecule has 0 aliphatic rings. The highest BCUT2D eigenvalue weighted by Crippen LogP contribution is 2.23. The van der Waals surface area contributed by atoms with Crippen LogP contribution in [0.4, 0.5) is 5.69 Å². The summed E-state index contributed by atoms with van der Waals surface area (Å²) in [5, 5.41) is 3.03. The van der Waals surface area contributed by atoms with E-state index in [0.717, 1.165) is 17.0 Å². The molecule has 0 unspecified atom stereocenters. The van der Waals surface area contributed by atoms with Crippen molar-refractivity contribution >= 4 is 21.5 Å². The van der Waals surface area contributed by atoms with Gasteiger partial charge in [0.15, 0.2) is 15.8 Å². The smallest absolute Gasteiger partial charge is 0.193 e. The van der Waals surface area contributed by atoms with Crippen LogP contribution in [0.25, 0.3) is 0 Å². The van der Waals surface area contributed by atoms with E-state index in [1.54, 1.807) is 24.3 Å². The van der Waals surface area contributed by atoms with Crippen molar-refractivity contribution in [2.24, 2.45) is 10.7 Å². The number of nitrogens with two attached hydrogens (primary N) is 1. The maximum Gasteiger partial charge on any atom is 0.193 e. The van der Waals surface area contributed by atoms with Crippen LogP contribution in [-0.4, -0.2) is 20.6 Å². The molecule has 0 aromatic heterocycles. The fraction of sp³-hybridized carbons (Fsp3) is 0.0952. The van der Waals surface area contributed by atoms with Crippen LogP contribution in [0.1, 0.15) is 5.56 Å². The van der Waals surface area contributed by atoms with Crippen LogP contribution >= 0.6 is 0 Å². The first-order valence-corrected chi connectivity index (χ1v) is 10.5. The van der Waals surface area contributed by atoms with E-state index in [1.165, 1.54) is 6.26 Å². The summed E-state index contributed by atoms with van der Waals surface area (Å²) in [5.41, 5.74) is 7.57. The predicted octanol–water partition coefficient (Wildman–Crippen LogP) is 3.81. The Morgan fingerprint density at radius 2 is 1.64 bits per heavy atom. The number of rotatable bonds is 6. The van der Waals surface area contributed by atoms with Crippen molar-refractivity contribution in [2.45, 2.75) is 11.4 Å². The van der Waals surface area contributed by atoms with Gasteiger partial charge in [-0.15, -0.1) is 0 Å². The molecular weight excluding hydrogens is 374 g/mol. The Balaban J connectivity index is 1.62. The summed E-state index contributed by atoms with van der Waals surface area (Å²) < 4.78 is 28.8. The maximum absolute atomic E-state index is 11.5. The number of anilines is 1. The minimum absolute atomic E-state index is 0.254. The number of para-hydroxylation sites is 1.